The fourth-order valence-corrected chi connectivity index (χ4v) is 6.37. The lowest BCUT2D eigenvalue weighted by Gasteiger charge is -2.19. The zero-order chi connectivity index (χ0) is 21.1. The first-order chi connectivity index (χ1) is 14.5. The molecule has 6 nitrogen and oxygen atoms in total. The predicted molar refractivity (Wildman–Crippen MR) is 119 cm³/mol. The van der Waals surface area contributed by atoms with Gasteiger partial charge < -0.3 is 4.57 Å². The van der Waals surface area contributed by atoms with Gasteiger partial charge in [0.15, 0.2) is 4.80 Å². The van der Waals surface area contributed by atoms with Gasteiger partial charge in [-0.25, -0.2) is 8.42 Å². The van der Waals surface area contributed by atoms with Crippen molar-refractivity contribution in [2.24, 2.45) is 4.99 Å². The number of aryl methyl sites for hydroxylation is 1. The van der Waals surface area contributed by atoms with Gasteiger partial charge in [-0.15, -0.1) is 0 Å². The number of fused-ring (bicyclic) bond motifs is 1. The fourth-order valence-electron chi connectivity index (χ4n) is 3.76. The van der Waals surface area contributed by atoms with Gasteiger partial charge in [-0.2, -0.15) is 9.30 Å². The van der Waals surface area contributed by atoms with Crippen LogP contribution in [0.15, 0.2) is 58.4 Å². The van der Waals surface area contributed by atoms with Crippen LogP contribution in [0.2, 0.25) is 0 Å². The van der Waals surface area contributed by atoms with E-state index in [1.807, 2.05) is 35.8 Å². The van der Waals surface area contributed by atoms with Crippen LogP contribution in [0.5, 0.6) is 0 Å². The largest absolute Gasteiger partial charge is 0.317 e. The van der Waals surface area contributed by atoms with Gasteiger partial charge >= 0.3 is 0 Å². The monoisotopic (exact) mass is 443 g/mol. The van der Waals surface area contributed by atoms with Crippen LogP contribution in [0.4, 0.5) is 0 Å². The lowest BCUT2D eigenvalue weighted by atomic mass is 10.2. The molecule has 0 aliphatic carbocycles. The summed E-state index contributed by atoms with van der Waals surface area (Å²) in [6, 6.07) is 14.1. The molecular formula is C22H25N3O3S2. The average Bonchev–Trinajstić information content (AvgIpc) is 2.91. The first kappa shape index (κ1) is 21.0. The van der Waals surface area contributed by atoms with Crippen molar-refractivity contribution in [1.82, 2.24) is 8.87 Å². The molecule has 2 heterocycles. The summed E-state index contributed by atoms with van der Waals surface area (Å²) < 4.78 is 30.5. The highest BCUT2D eigenvalue weighted by molar-refractivity contribution is 7.89. The van der Waals surface area contributed by atoms with Gasteiger partial charge in [0.25, 0.3) is 5.91 Å². The van der Waals surface area contributed by atoms with Crippen molar-refractivity contribution in [3.63, 3.8) is 0 Å². The molecule has 4 rings (SSSR count). The summed E-state index contributed by atoms with van der Waals surface area (Å²) in [6.07, 6.45) is 3.91. The topological polar surface area (TPSA) is 71.7 Å². The second kappa shape index (κ2) is 8.83. The maximum Gasteiger partial charge on any atom is 0.279 e. The van der Waals surface area contributed by atoms with Crippen molar-refractivity contribution in [2.45, 2.75) is 44.0 Å². The van der Waals surface area contributed by atoms with Gasteiger partial charge in [0, 0.05) is 25.2 Å². The van der Waals surface area contributed by atoms with Crippen LogP contribution in [0.1, 0.15) is 43.0 Å². The summed E-state index contributed by atoms with van der Waals surface area (Å²) in [5, 5.41) is 0. The van der Waals surface area contributed by atoms with E-state index in [2.05, 4.69) is 4.99 Å². The zero-order valence-corrected chi connectivity index (χ0v) is 18.6. The molecule has 1 aromatic heterocycles. The summed E-state index contributed by atoms with van der Waals surface area (Å²) >= 11 is 1.47. The minimum absolute atomic E-state index is 0.228. The van der Waals surface area contributed by atoms with Crippen LogP contribution in [-0.4, -0.2) is 36.3 Å². The summed E-state index contributed by atoms with van der Waals surface area (Å²) in [6.45, 7) is 3.84. The predicted octanol–water partition coefficient (Wildman–Crippen LogP) is 4.03. The number of amides is 1. The molecule has 1 amide bonds. The molecule has 8 heteroatoms. The number of hydrogen-bond acceptors (Lipinski definition) is 4. The van der Waals surface area contributed by atoms with E-state index in [0.29, 0.717) is 30.0 Å². The van der Waals surface area contributed by atoms with Crippen LogP contribution >= 0.6 is 11.3 Å². The maximum absolute atomic E-state index is 12.9. The number of para-hydroxylation sites is 1. The summed E-state index contributed by atoms with van der Waals surface area (Å²) in [4.78, 5) is 17.9. The Morgan fingerprint density at radius 2 is 1.67 bits per heavy atom. The van der Waals surface area contributed by atoms with Crippen molar-refractivity contribution in [3.05, 3.63) is 58.9 Å². The molecule has 1 aliphatic rings. The molecule has 2 aromatic carbocycles. The standard InChI is InChI=1S/C22H25N3O3S2/c1-2-25-19-9-5-6-10-20(19)29-22(25)23-21(26)17-11-13-18(14-12-17)30(27,28)24-15-7-3-4-8-16-24/h5-6,9-14H,2-4,7-8,15-16H2,1H3. The van der Waals surface area contributed by atoms with E-state index in [0.717, 1.165) is 35.9 Å². The molecule has 0 bridgehead atoms. The van der Waals surface area contributed by atoms with Gasteiger partial charge in [-0.05, 0) is 56.2 Å². The molecule has 3 aromatic rings. The molecule has 0 atom stereocenters. The maximum atomic E-state index is 12.9. The highest BCUT2D eigenvalue weighted by Gasteiger charge is 2.25. The molecule has 0 saturated carbocycles. The fraction of sp³-hybridized carbons (Fsp3) is 0.364. The normalized spacial score (nSPS) is 16.6. The van der Waals surface area contributed by atoms with Gasteiger partial charge in [-0.3, -0.25) is 4.79 Å². The molecule has 0 radical (unpaired) electrons. The summed E-state index contributed by atoms with van der Waals surface area (Å²) in [7, 11) is -3.53. The van der Waals surface area contributed by atoms with E-state index in [4.69, 9.17) is 0 Å². The van der Waals surface area contributed by atoms with E-state index in [1.54, 1.807) is 16.4 Å². The molecule has 1 aliphatic heterocycles. The van der Waals surface area contributed by atoms with E-state index < -0.39 is 10.0 Å². The van der Waals surface area contributed by atoms with E-state index in [9.17, 15) is 13.2 Å². The van der Waals surface area contributed by atoms with Gasteiger partial charge in [-0.1, -0.05) is 36.3 Å². The molecular weight excluding hydrogens is 418 g/mol. The minimum Gasteiger partial charge on any atom is -0.317 e. The van der Waals surface area contributed by atoms with Gasteiger partial charge in [0.05, 0.1) is 15.1 Å². The molecule has 0 unspecified atom stereocenters. The van der Waals surface area contributed by atoms with Crippen LogP contribution in [0, 0.1) is 0 Å². The van der Waals surface area contributed by atoms with E-state index in [-0.39, 0.29) is 10.8 Å². The van der Waals surface area contributed by atoms with Crippen LogP contribution < -0.4 is 4.80 Å². The number of carbonyl (C=O) groups is 1. The number of rotatable bonds is 4. The second-order valence-electron chi connectivity index (χ2n) is 7.36. The average molecular weight is 444 g/mol. The zero-order valence-electron chi connectivity index (χ0n) is 17.0. The Hall–Kier alpha value is -2.29. The third-order valence-corrected chi connectivity index (χ3v) is 8.38. The summed E-state index contributed by atoms with van der Waals surface area (Å²) in [5.41, 5.74) is 1.43. The molecule has 0 N–H and O–H groups in total. The van der Waals surface area contributed by atoms with Crippen molar-refractivity contribution in [2.75, 3.05) is 13.1 Å². The van der Waals surface area contributed by atoms with Gasteiger partial charge in [0.1, 0.15) is 0 Å². The Morgan fingerprint density at radius 1 is 1.00 bits per heavy atom. The number of carbonyl (C=O) groups excluding carboxylic acids is 1. The van der Waals surface area contributed by atoms with Crippen molar-refractivity contribution in [1.29, 1.82) is 0 Å². The number of nitrogens with zero attached hydrogens (tertiary/aromatic N) is 3. The Morgan fingerprint density at radius 3 is 2.33 bits per heavy atom. The smallest absolute Gasteiger partial charge is 0.279 e. The Bertz CT molecular complexity index is 1220. The summed E-state index contributed by atoms with van der Waals surface area (Å²) in [5.74, 6) is -0.373. The molecule has 0 spiro atoms. The number of aromatic nitrogens is 1. The van der Waals surface area contributed by atoms with Gasteiger partial charge in [0.2, 0.25) is 10.0 Å². The van der Waals surface area contributed by atoms with Crippen molar-refractivity contribution >= 4 is 37.5 Å². The number of thiazole rings is 1. The SMILES string of the molecule is CCn1c(=NC(=O)c2ccc(S(=O)(=O)N3CCCCCC3)cc2)sc2ccccc21. The first-order valence-electron chi connectivity index (χ1n) is 10.3. The molecule has 158 valence electrons. The molecule has 1 fully saturated rings. The molecule has 1 saturated heterocycles. The second-order valence-corrected chi connectivity index (χ2v) is 10.3. The Balaban J connectivity index is 1.61. The number of hydrogen-bond donors (Lipinski definition) is 0. The van der Waals surface area contributed by atoms with E-state index in [1.165, 1.54) is 23.5 Å². The number of benzene rings is 2. The van der Waals surface area contributed by atoms with Crippen LogP contribution in [0.3, 0.4) is 0 Å². The third kappa shape index (κ3) is 4.12. The highest BCUT2D eigenvalue weighted by Crippen LogP contribution is 2.21. The molecule has 30 heavy (non-hydrogen) atoms. The number of sulfonamides is 1. The van der Waals surface area contributed by atoms with Crippen molar-refractivity contribution in [3.8, 4) is 0 Å². The lowest BCUT2D eigenvalue weighted by Crippen LogP contribution is -2.31. The quantitative estimate of drug-likeness (QED) is 0.611. The Labute approximate surface area is 180 Å². The van der Waals surface area contributed by atoms with Crippen LogP contribution in [-0.2, 0) is 16.6 Å². The minimum atomic E-state index is -3.53. The highest BCUT2D eigenvalue weighted by atomic mass is 32.2. The first-order valence-corrected chi connectivity index (χ1v) is 12.5. The lowest BCUT2D eigenvalue weighted by molar-refractivity contribution is 0.0997. The third-order valence-electron chi connectivity index (χ3n) is 5.41. The van der Waals surface area contributed by atoms with Crippen LogP contribution in [0.25, 0.3) is 10.2 Å². The van der Waals surface area contributed by atoms with Crippen molar-refractivity contribution < 1.29 is 13.2 Å². The Kier molecular flexibility index (Phi) is 6.17. The van der Waals surface area contributed by atoms with E-state index >= 15 is 0 Å².